The Balaban J connectivity index is 1.78. The molecule has 1 aromatic rings. The average molecular weight is 487 g/mol. The molecular weight excluding hydrogens is 470 g/mol. The van der Waals surface area contributed by atoms with Gasteiger partial charge in [-0.25, -0.2) is 0 Å². The van der Waals surface area contributed by atoms with Crippen molar-refractivity contribution in [1.29, 1.82) is 0 Å². The molecule has 1 amide bonds. The number of aliphatic hydroxyl groups is 1. The number of rotatable bonds is 2. The van der Waals surface area contributed by atoms with Crippen LogP contribution < -0.4 is 5.32 Å². The van der Waals surface area contributed by atoms with Gasteiger partial charge in [0.05, 0.1) is 16.6 Å². The fourth-order valence-electron chi connectivity index (χ4n) is 3.01. The lowest BCUT2D eigenvalue weighted by Crippen LogP contribution is -2.69. The second-order valence-electron chi connectivity index (χ2n) is 6.28. The molecule has 144 valence electrons. The molecule has 2 aliphatic rings. The van der Waals surface area contributed by atoms with E-state index in [1.54, 1.807) is 12.1 Å². The van der Waals surface area contributed by atoms with Crippen molar-refractivity contribution in [2.45, 2.75) is 47.4 Å². The van der Waals surface area contributed by atoms with E-state index in [1.807, 2.05) is 46.1 Å². The quantitative estimate of drug-likeness (QED) is 0.494. The number of fused-ring (bicyclic) bond motifs is 1. The van der Waals surface area contributed by atoms with Crippen molar-refractivity contribution in [3.8, 4) is 0 Å². The van der Waals surface area contributed by atoms with Gasteiger partial charge in [-0.2, -0.15) is 13.2 Å². The number of alkyl halides is 4. The maximum absolute atomic E-state index is 12.6. The molecule has 0 bridgehead atoms. The summed E-state index contributed by atoms with van der Waals surface area (Å²) in [5.74, 6) is -4.14. The highest BCUT2D eigenvalue weighted by Gasteiger charge is 2.55. The first-order chi connectivity index (χ1) is 12.1. The standard InChI is InChI=1S/C16H17F3INO5/c1-15(23)12(21-14(22)16(17,18)19)10(20)11-9(26-15)7-24-13(25-11)8-5-3-2-4-6-8/h2-6,9-13,23H,7H2,1H3,(H,21,22)/t9-,10+,11-,12+,13?,15+/m1/s1. The summed E-state index contributed by atoms with van der Waals surface area (Å²) in [7, 11) is 0. The molecular formula is C16H17F3INO5. The monoisotopic (exact) mass is 487 g/mol. The van der Waals surface area contributed by atoms with E-state index in [2.05, 4.69) is 0 Å². The molecule has 6 nitrogen and oxygen atoms in total. The van der Waals surface area contributed by atoms with Crippen LogP contribution in [0.5, 0.6) is 0 Å². The van der Waals surface area contributed by atoms with Crippen LogP contribution in [0.25, 0.3) is 0 Å². The molecule has 2 saturated heterocycles. The summed E-state index contributed by atoms with van der Waals surface area (Å²) in [6.45, 7) is 1.30. The number of carbonyl (C=O) groups excluding carboxylic acids is 1. The lowest BCUT2D eigenvalue weighted by Gasteiger charge is -2.50. The molecule has 2 aliphatic heterocycles. The van der Waals surface area contributed by atoms with E-state index in [9.17, 15) is 23.1 Å². The lowest BCUT2D eigenvalue weighted by molar-refractivity contribution is -0.342. The zero-order chi connectivity index (χ0) is 19.1. The first kappa shape index (κ1) is 19.8. The van der Waals surface area contributed by atoms with Crippen molar-refractivity contribution in [2.75, 3.05) is 6.61 Å². The second kappa shape index (κ2) is 7.23. The predicted octanol–water partition coefficient (Wildman–Crippen LogP) is 2.06. The number of benzene rings is 1. The predicted molar refractivity (Wildman–Crippen MR) is 91.3 cm³/mol. The highest BCUT2D eigenvalue weighted by atomic mass is 127. The fraction of sp³-hybridized carbons (Fsp3) is 0.562. The Bertz CT molecular complexity index is 657. The molecule has 2 fully saturated rings. The fourth-order valence-corrected chi connectivity index (χ4v) is 4.49. The van der Waals surface area contributed by atoms with Gasteiger partial charge in [0.25, 0.3) is 0 Å². The van der Waals surface area contributed by atoms with E-state index in [0.29, 0.717) is 0 Å². The minimum atomic E-state index is -5.06. The summed E-state index contributed by atoms with van der Waals surface area (Å²) in [6, 6.07) is 7.74. The van der Waals surface area contributed by atoms with Gasteiger partial charge in [-0.1, -0.05) is 52.9 Å². The van der Waals surface area contributed by atoms with Gasteiger partial charge in [-0.3, -0.25) is 4.79 Å². The highest BCUT2D eigenvalue weighted by molar-refractivity contribution is 14.1. The molecule has 0 aromatic heterocycles. The number of nitrogens with one attached hydrogen (secondary N) is 1. The van der Waals surface area contributed by atoms with Crippen LogP contribution in [0.15, 0.2) is 30.3 Å². The van der Waals surface area contributed by atoms with Crippen LogP contribution in [-0.4, -0.2) is 51.8 Å². The SMILES string of the molecule is C[C@]1(O)O[C@@H]2COC(c3ccccc3)O[C@H]2[C@H](I)[C@@H]1NC(=O)C(F)(F)F. The summed E-state index contributed by atoms with van der Waals surface area (Å²) >= 11 is 1.87. The zero-order valence-electron chi connectivity index (χ0n) is 13.6. The third-order valence-corrected chi connectivity index (χ3v) is 5.70. The molecule has 26 heavy (non-hydrogen) atoms. The van der Waals surface area contributed by atoms with Crippen molar-refractivity contribution < 1.29 is 37.3 Å². The maximum Gasteiger partial charge on any atom is 0.471 e. The van der Waals surface area contributed by atoms with Crippen LogP contribution in [0.3, 0.4) is 0 Å². The normalized spacial score (nSPS) is 37.7. The Morgan fingerprint density at radius 1 is 1.35 bits per heavy atom. The van der Waals surface area contributed by atoms with Crippen molar-refractivity contribution in [3.05, 3.63) is 35.9 Å². The third kappa shape index (κ3) is 3.98. The molecule has 2 heterocycles. The number of halogens is 4. The Kier molecular flexibility index (Phi) is 5.50. The Labute approximate surface area is 161 Å². The highest BCUT2D eigenvalue weighted by Crippen LogP contribution is 2.40. The number of hydrogen-bond donors (Lipinski definition) is 2. The number of ether oxygens (including phenoxy) is 3. The third-order valence-electron chi connectivity index (χ3n) is 4.27. The molecule has 0 aliphatic carbocycles. The number of hydrogen-bond acceptors (Lipinski definition) is 5. The summed E-state index contributed by atoms with van der Waals surface area (Å²) in [4.78, 5) is 11.3. The molecule has 0 radical (unpaired) electrons. The number of amides is 1. The molecule has 6 atom stereocenters. The van der Waals surface area contributed by atoms with Gasteiger partial charge in [0.1, 0.15) is 12.2 Å². The maximum atomic E-state index is 12.6. The first-order valence-corrected chi connectivity index (χ1v) is 9.08. The minimum Gasteiger partial charge on any atom is -0.364 e. The van der Waals surface area contributed by atoms with Gasteiger partial charge in [-0.15, -0.1) is 0 Å². The van der Waals surface area contributed by atoms with E-state index in [-0.39, 0.29) is 6.61 Å². The van der Waals surface area contributed by atoms with Crippen molar-refractivity contribution in [2.24, 2.45) is 0 Å². The first-order valence-electron chi connectivity index (χ1n) is 7.83. The van der Waals surface area contributed by atoms with E-state index in [0.717, 1.165) is 5.56 Å². The van der Waals surface area contributed by atoms with Gasteiger partial charge in [0.15, 0.2) is 12.1 Å². The van der Waals surface area contributed by atoms with Crippen LogP contribution in [0.1, 0.15) is 18.8 Å². The topological polar surface area (TPSA) is 77.0 Å². The zero-order valence-corrected chi connectivity index (χ0v) is 15.7. The Morgan fingerprint density at radius 3 is 2.62 bits per heavy atom. The van der Waals surface area contributed by atoms with Crippen molar-refractivity contribution in [1.82, 2.24) is 5.32 Å². The van der Waals surface area contributed by atoms with E-state index < -0.39 is 46.3 Å². The van der Waals surface area contributed by atoms with Gasteiger partial charge in [0.2, 0.25) is 0 Å². The molecule has 1 aromatic carbocycles. The van der Waals surface area contributed by atoms with Crippen LogP contribution in [0.2, 0.25) is 0 Å². The second-order valence-corrected chi connectivity index (χ2v) is 7.72. The van der Waals surface area contributed by atoms with Crippen molar-refractivity contribution in [3.63, 3.8) is 0 Å². The molecule has 10 heteroatoms. The Morgan fingerprint density at radius 2 is 2.00 bits per heavy atom. The number of carbonyl (C=O) groups is 1. The molecule has 2 N–H and O–H groups in total. The van der Waals surface area contributed by atoms with E-state index >= 15 is 0 Å². The van der Waals surface area contributed by atoms with Crippen molar-refractivity contribution >= 4 is 28.5 Å². The van der Waals surface area contributed by atoms with Crippen LogP contribution >= 0.6 is 22.6 Å². The van der Waals surface area contributed by atoms with Gasteiger partial charge in [-0.05, 0) is 6.92 Å². The van der Waals surface area contributed by atoms with Crippen LogP contribution in [0.4, 0.5) is 13.2 Å². The largest absolute Gasteiger partial charge is 0.471 e. The van der Waals surface area contributed by atoms with E-state index in [1.165, 1.54) is 6.92 Å². The van der Waals surface area contributed by atoms with Crippen LogP contribution in [0, 0.1) is 0 Å². The van der Waals surface area contributed by atoms with Gasteiger partial charge >= 0.3 is 12.1 Å². The summed E-state index contributed by atoms with van der Waals surface area (Å²) in [6.07, 6.45) is -7.12. The van der Waals surface area contributed by atoms with Crippen LogP contribution in [-0.2, 0) is 19.0 Å². The molecule has 0 saturated carbocycles. The summed E-state index contributed by atoms with van der Waals surface area (Å²) in [5.41, 5.74) is 0.753. The minimum absolute atomic E-state index is 0.0970. The van der Waals surface area contributed by atoms with E-state index in [4.69, 9.17) is 14.2 Å². The summed E-state index contributed by atoms with van der Waals surface area (Å²) in [5, 5.41) is 12.2. The Hall–Kier alpha value is -0.950. The molecule has 3 rings (SSSR count). The average Bonchev–Trinajstić information content (AvgIpc) is 2.57. The lowest BCUT2D eigenvalue weighted by atomic mass is 9.93. The smallest absolute Gasteiger partial charge is 0.364 e. The summed E-state index contributed by atoms with van der Waals surface area (Å²) < 4.78 is 54.1. The van der Waals surface area contributed by atoms with Gasteiger partial charge < -0.3 is 24.6 Å². The molecule has 1 unspecified atom stereocenters. The van der Waals surface area contributed by atoms with Gasteiger partial charge in [0, 0.05) is 5.56 Å². The molecule has 0 spiro atoms.